The maximum absolute atomic E-state index is 13.4. The molecule has 0 fully saturated rings. The molecule has 2 atom stereocenters. The number of aromatic amines is 1. The lowest BCUT2D eigenvalue weighted by molar-refractivity contribution is -0.137. The van der Waals surface area contributed by atoms with E-state index >= 15 is 0 Å². The molecule has 38 heavy (non-hydrogen) atoms. The van der Waals surface area contributed by atoms with E-state index in [2.05, 4.69) is 32.4 Å². The van der Waals surface area contributed by atoms with Crippen molar-refractivity contribution >= 4 is 38.9 Å². The average molecular weight is 512 g/mol. The molecule has 0 amide bonds. The third kappa shape index (κ3) is 4.28. The van der Waals surface area contributed by atoms with E-state index in [1.807, 2.05) is 55.5 Å². The fourth-order valence-corrected chi connectivity index (χ4v) is 5.13. The first-order valence-corrected chi connectivity index (χ1v) is 12.1. The monoisotopic (exact) mass is 511 g/mol. The first-order valence-electron chi connectivity index (χ1n) is 12.1. The molecule has 2 aromatic heterocycles. The standard InChI is InChI=1S/C30H24F3N5/c1-29(38-23-4-2-3-21(15-23)30(31,32)33)12-11-19(18-5-8-22(34)9-6-18)14-26(29)20-7-10-27-24(13-20)25-16-35-17-36-28(25)37-27/h2-17,26,38H,34H2,1H3,(H,35,36,37). The van der Waals surface area contributed by atoms with E-state index in [1.54, 1.807) is 12.3 Å². The number of alkyl halides is 3. The van der Waals surface area contributed by atoms with Gasteiger partial charge in [-0.05, 0) is 66.1 Å². The van der Waals surface area contributed by atoms with Crippen molar-refractivity contribution in [2.75, 3.05) is 11.1 Å². The minimum atomic E-state index is -4.43. The molecule has 5 aromatic rings. The van der Waals surface area contributed by atoms with Crippen LogP contribution in [0.15, 0.2) is 97.5 Å². The van der Waals surface area contributed by atoms with Gasteiger partial charge in [-0.3, -0.25) is 0 Å². The zero-order valence-electron chi connectivity index (χ0n) is 20.4. The second-order valence-electron chi connectivity index (χ2n) is 9.76. The SMILES string of the molecule is CC1(Nc2cccc(C(F)(F)F)c2)C=CC(c2ccc(N)cc2)=CC1c1ccc2[nH]c3ncncc3c2c1. The lowest BCUT2D eigenvalue weighted by Gasteiger charge is -2.39. The Morgan fingerprint density at radius 1 is 1.00 bits per heavy atom. The number of aromatic nitrogens is 3. The molecule has 2 heterocycles. The minimum Gasteiger partial charge on any atom is -0.399 e. The normalized spacial score (nSPS) is 19.6. The molecular weight excluding hydrogens is 487 g/mol. The molecule has 8 heteroatoms. The quantitative estimate of drug-likeness (QED) is 0.221. The van der Waals surface area contributed by atoms with Crippen LogP contribution in [-0.2, 0) is 6.18 Å². The Bertz CT molecular complexity index is 1720. The van der Waals surface area contributed by atoms with Crippen LogP contribution in [-0.4, -0.2) is 20.5 Å². The summed E-state index contributed by atoms with van der Waals surface area (Å²) in [4.78, 5) is 11.8. The molecular formula is C30H24F3N5. The molecule has 0 radical (unpaired) electrons. The summed E-state index contributed by atoms with van der Waals surface area (Å²) in [5.74, 6) is -0.214. The summed E-state index contributed by atoms with van der Waals surface area (Å²) < 4.78 is 40.3. The molecule has 6 rings (SSSR count). The van der Waals surface area contributed by atoms with Crippen molar-refractivity contribution in [2.24, 2.45) is 0 Å². The topological polar surface area (TPSA) is 79.6 Å². The zero-order valence-corrected chi connectivity index (χ0v) is 20.4. The molecule has 5 nitrogen and oxygen atoms in total. The molecule has 0 saturated carbocycles. The molecule has 0 spiro atoms. The fourth-order valence-electron chi connectivity index (χ4n) is 5.13. The van der Waals surface area contributed by atoms with E-state index < -0.39 is 17.3 Å². The molecule has 2 unspecified atom stereocenters. The lowest BCUT2D eigenvalue weighted by Crippen LogP contribution is -2.40. The van der Waals surface area contributed by atoms with Gasteiger partial charge in [0.05, 0.1) is 11.1 Å². The van der Waals surface area contributed by atoms with Crippen molar-refractivity contribution in [1.82, 2.24) is 15.0 Å². The molecule has 1 aliphatic rings. The third-order valence-corrected chi connectivity index (χ3v) is 7.11. The van der Waals surface area contributed by atoms with Gasteiger partial charge in [-0.1, -0.05) is 42.5 Å². The summed E-state index contributed by atoms with van der Waals surface area (Å²) in [5, 5.41) is 5.29. The minimum absolute atomic E-state index is 0.214. The van der Waals surface area contributed by atoms with Gasteiger partial charge in [-0.2, -0.15) is 13.2 Å². The first kappa shape index (κ1) is 23.8. The number of halogens is 3. The number of nitrogen functional groups attached to an aromatic ring is 1. The summed E-state index contributed by atoms with van der Waals surface area (Å²) in [6.07, 6.45) is 5.03. The summed E-state index contributed by atoms with van der Waals surface area (Å²) in [5.41, 5.74) is 10.2. The van der Waals surface area contributed by atoms with E-state index in [0.717, 1.165) is 50.8 Å². The Balaban J connectivity index is 1.47. The van der Waals surface area contributed by atoms with Gasteiger partial charge >= 0.3 is 6.18 Å². The Morgan fingerprint density at radius 3 is 2.61 bits per heavy atom. The van der Waals surface area contributed by atoms with E-state index in [0.29, 0.717) is 11.4 Å². The van der Waals surface area contributed by atoms with Gasteiger partial charge in [0.15, 0.2) is 0 Å². The van der Waals surface area contributed by atoms with Crippen LogP contribution in [0.2, 0.25) is 0 Å². The van der Waals surface area contributed by atoms with Gasteiger partial charge in [0.1, 0.15) is 12.0 Å². The van der Waals surface area contributed by atoms with Crippen molar-refractivity contribution in [3.63, 3.8) is 0 Å². The van der Waals surface area contributed by atoms with Crippen LogP contribution in [0.1, 0.15) is 29.5 Å². The van der Waals surface area contributed by atoms with Crippen molar-refractivity contribution in [3.05, 3.63) is 114 Å². The first-order chi connectivity index (χ1) is 18.2. The number of benzene rings is 3. The summed E-state index contributed by atoms with van der Waals surface area (Å²) in [7, 11) is 0. The summed E-state index contributed by atoms with van der Waals surface area (Å²) in [6.45, 7) is 1.99. The van der Waals surface area contributed by atoms with Crippen LogP contribution in [0.5, 0.6) is 0 Å². The largest absolute Gasteiger partial charge is 0.416 e. The predicted molar refractivity (Wildman–Crippen MR) is 146 cm³/mol. The van der Waals surface area contributed by atoms with Gasteiger partial charge in [0.2, 0.25) is 0 Å². The van der Waals surface area contributed by atoms with Crippen molar-refractivity contribution in [2.45, 2.75) is 24.6 Å². The Hall–Kier alpha value is -4.59. The van der Waals surface area contributed by atoms with E-state index in [4.69, 9.17) is 5.73 Å². The van der Waals surface area contributed by atoms with E-state index in [9.17, 15) is 13.2 Å². The molecule has 0 aliphatic heterocycles. The smallest absolute Gasteiger partial charge is 0.399 e. The number of fused-ring (bicyclic) bond motifs is 3. The Morgan fingerprint density at radius 2 is 1.82 bits per heavy atom. The molecule has 4 N–H and O–H groups in total. The molecule has 0 saturated heterocycles. The van der Waals surface area contributed by atoms with E-state index in [1.165, 1.54) is 12.4 Å². The van der Waals surface area contributed by atoms with Gasteiger partial charge in [0.25, 0.3) is 0 Å². The maximum Gasteiger partial charge on any atom is 0.416 e. The zero-order chi connectivity index (χ0) is 26.5. The highest BCUT2D eigenvalue weighted by atomic mass is 19.4. The van der Waals surface area contributed by atoms with E-state index in [-0.39, 0.29) is 5.92 Å². The van der Waals surface area contributed by atoms with Crippen LogP contribution in [0.25, 0.3) is 27.5 Å². The number of nitrogens with one attached hydrogen (secondary N) is 2. The maximum atomic E-state index is 13.4. The number of anilines is 2. The van der Waals surface area contributed by atoms with Gasteiger partial charge < -0.3 is 16.0 Å². The Labute approximate surface area is 216 Å². The molecule has 1 aliphatic carbocycles. The Kier molecular flexibility index (Phi) is 5.48. The van der Waals surface area contributed by atoms with Crippen LogP contribution < -0.4 is 11.1 Å². The summed E-state index contributed by atoms with van der Waals surface area (Å²) in [6, 6.07) is 19.1. The highest BCUT2D eigenvalue weighted by Crippen LogP contribution is 2.42. The second-order valence-corrected chi connectivity index (χ2v) is 9.76. The van der Waals surface area contributed by atoms with Crippen LogP contribution in [0, 0.1) is 0 Å². The van der Waals surface area contributed by atoms with Crippen LogP contribution in [0.3, 0.4) is 0 Å². The average Bonchev–Trinajstić information content (AvgIpc) is 3.27. The second kappa shape index (κ2) is 8.76. The lowest BCUT2D eigenvalue weighted by atomic mass is 9.74. The highest BCUT2D eigenvalue weighted by Gasteiger charge is 2.36. The van der Waals surface area contributed by atoms with Gasteiger partial charge in [-0.15, -0.1) is 0 Å². The number of rotatable bonds is 4. The number of nitrogens with zero attached hydrogens (tertiary/aromatic N) is 2. The number of nitrogens with two attached hydrogens (primary N) is 1. The summed E-state index contributed by atoms with van der Waals surface area (Å²) >= 11 is 0. The number of allylic oxidation sites excluding steroid dienone is 2. The van der Waals surface area contributed by atoms with Crippen LogP contribution >= 0.6 is 0 Å². The molecule has 0 bridgehead atoms. The number of hydrogen-bond donors (Lipinski definition) is 3. The highest BCUT2D eigenvalue weighted by molar-refractivity contribution is 6.05. The van der Waals surface area contributed by atoms with Crippen molar-refractivity contribution < 1.29 is 13.2 Å². The predicted octanol–water partition coefficient (Wildman–Crippen LogP) is 7.32. The van der Waals surface area contributed by atoms with Crippen LogP contribution in [0.4, 0.5) is 24.5 Å². The third-order valence-electron chi connectivity index (χ3n) is 7.11. The molecule has 190 valence electrons. The van der Waals surface area contributed by atoms with Crippen molar-refractivity contribution in [1.29, 1.82) is 0 Å². The van der Waals surface area contributed by atoms with Crippen molar-refractivity contribution in [3.8, 4) is 0 Å². The molecule has 3 aromatic carbocycles. The number of H-pyrrole nitrogens is 1. The van der Waals surface area contributed by atoms with Gasteiger partial charge in [-0.25, -0.2) is 9.97 Å². The number of hydrogen-bond acceptors (Lipinski definition) is 4. The fraction of sp³-hybridized carbons (Fsp3) is 0.133. The van der Waals surface area contributed by atoms with Gasteiger partial charge in [0, 0.05) is 39.8 Å².